The number of nitrogens with zero attached hydrogens (tertiary/aromatic N) is 3. The highest BCUT2D eigenvalue weighted by atomic mass is 16.5. The molecule has 0 aromatic carbocycles. The summed E-state index contributed by atoms with van der Waals surface area (Å²) in [6.45, 7) is 6.18. The van der Waals surface area contributed by atoms with E-state index in [1.807, 2.05) is 11.8 Å². The number of hydrogen-bond acceptors (Lipinski definition) is 5. The molecule has 0 unspecified atom stereocenters. The van der Waals surface area contributed by atoms with Gasteiger partial charge in [-0.2, -0.15) is 5.10 Å². The maximum absolute atomic E-state index is 11.8. The van der Waals surface area contributed by atoms with Crippen LogP contribution in [0, 0.1) is 0 Å². The largest absolute Gasteiger partial charge is 0.462 e. The van der Waals surface area contributed by atoms with Crippen molar-refractivity contribution in [3.8, 4) is 0 Å². The van der Waals surface area contributed by atoms with Gasteiger partial charge in [-0.15, -0.1) is 0 Å². The summed E-state index contributed by atoms with van der Waals surface area (Å²) >= 11 is 0. The molecule has 6 nitrogen and oxygen atoms in total. The van der Waals surface area contributed by atoms with Gasteiger partial charge < -0.3 is 9.84 Å². The minimum atomic E-state index is -0.347. The number of hydrogen-bond donors (Lipinski definition) is 1. The highest BCUT2D eigenvalue weighted by molar-refractivity contribution is 5.90. The van der Waals surface area contributed by atoms with Crippen LogP contribution >= 0.6 is 0 Å². The molecule has 1 aromatic rings. The Balaban J connectivity index is 2.86. The van der Waals surface area contributed by atoms with Gasteiger partial charge in [0, 0.05) is 20.1 Å². The third-order valence-corrected chi connectivity index (χ3v) is 2.79. The van der Waals surface area contributed by atoms with Gasteiger partial charge in [-0.1, -0.05) is 6.92 Å². The van der Waals surface area contributed by atoms with Crippen molar-refractivity contribution in [1.82, 2.24) is 14.7 Å². The Hall–Kier alpha value is -1.40. The zero-order valence-corrected chi connectivity index (χ0v) is 11.2. The molecule has 0 bridgehead atoms. The van der Waals surface area contributed by atoms with Crippen molar-refractivity contribution in [3.63, 3.8) is 0 Å². The SMILES string of the molecule is CCOC(=O)c1cnn(C)c1CN(CC)CCO. The van der Waals surface area contributed by atoms with E-state index in [-0.39, 0.29) is 12.6 Å². The molecule has 0 aliphatic rings. The molecule has 0 saturated carbocycles. The third kappa shape index (κ3) is 3.54. The number of carbonyl (C=O) groups is 1. The summed E-state index contributed by atoms with van der Waals surface area (Å²) in [6.07, 6.45) is 1.53. The summed E-state index contributed by atoms with van der Waals surface area (Å²) in [6, 6.07) is 0. The summed E-state index contributed by atoms with van der Waals surface area (Å²) in [7, 11) is 1.80. The standard InChI is InChI=1S/C12H21N3O3/c1-4-15(6-7-16)9-11-10(8-13-14(11)3)12(17)18-5-2/h8,16H,4-7,9H2,1-3H3. The van der Waals surface area contributed by atoms with E-state index in [1.165, 1.54) is 6.20 Å². The lowest BCUT2D eigenvalue weighted by atomic mass is 10.2. The molecule has 0 fully saturated rings. The number of rotatable bonds is 7. The van der Waals surface area contributed by atoms with Crippen molar-refractivity contribution in [1.29, 1.82) is 0 Å². The maximum Gasteiger partial charge on any atom is 0.341 e. The molecular weight excluding hydrogens is 234 g/mol. The van der Waals surface area contributed by atoms with Gasteiger partial charge in [-0.25, -0.2) is 4.79 Å². The van der Waals surface area contributed by atoms with Crippen LogP contribution < -0.4 is 0 Å². The van der Waals surface area contributed by atoms with Crippen LogP contribution in [0.15, 0.2) is 6.20 Å². The minimum Gasteiger partial charge on any atom is -0.462 e. The lowest BCUT2D eigenvalue weighted by Crippen LogP contribution is -2.28. The molecule has 0 atom stereocenters. The Morgan fingerprint density at radius 2 is 2.28 bits per heavy atom. The van der Waals surface area contributed by atoms with E-state index < -0.39 is 0 Å². The highest BCUT2D eigenvalue weighted by Crippen LogP contribution is 2.12. The first-order valence-electron chi connectivity index (χ1n) is 6.15. The van der Waals surface area contributed by atoms with Gasteiger partial charge >= 0.3 is 5.97 Å². The third-order valence-electron chi connectivity index (χ3n) is 2.79. The fourth-order valence-corrected chi connectivity index (χ4v) is 1.73. The van der Waals surface area contributed by atoms with Gasteiger partial charge in [0.15, 0.2) is 0 Å². The molecule has 0 amide bonds. The first-order chi connectivity index (χ1) is 8.63. The maximum atomic E-state index is 11.8. The van der Waals surface area contributed by atoms with Crippen LogP contribution in [0.3, 0.4) is 0 Å². The summed E-state index contributed by atoms with van der Waals surface area (Å²) in [5.74, 6) is -0.347. The lowest BCUT2D eigenvalue weighted by molar-refractivity contribution is 0.0523. The number of aromatic nitrogens is 2. The first-order valence-corrected chi connectivity index (χ1v) is 6.15. The summed E-state index contributed by atoms with van der Waals surface area (Å²) in [4.78, 5) is 13.8. The average molecular weight is 255 g/mol. The molecule has 1 N–H and O–H groups in total. The van der Waals surface area contributed by atoms with Crippen LogP contribution in [0.25, 0.3) is 0 Å². The van der Waals surface area contributed by atoms with Crippen molar-refractivity contribution in [3.05, 3.63) is 17.5 Å². The molecule has 1 rings (SSSR count). The monoisotopic (exact) mass is 255 g/mol. The molecule has 102 valence electrons. The van der Waals surface area contributed by atoms with Crippen LogP contribution in [0.2, 0.25) is 0 Å². The number of likely N-dealkylation sites (N-methyl/N-ethyl adjacent to an activating group) is 1. The van der Waals surface area contributed by atoms with Crippen molar-refractivity contribution in [2.45, 2.75) is 20.4 Å². The van der Waals surface area contributed by atoms with E-state index in [1.54, 1.807) is 18.7 Å². The van der Waals surface area contributed by atoms with E-state index in [0.717, 1.165) is 12.2 Å². The number of aliphatic hydroxyl groups is 1. The summed E-state index contributed by atoms with van der Waals surface area (Å²) in [5.41, 5.74) is 1.31. The molecule has 1 heterocycles. The molecule has 0 aliphatic carbocycles. The molecule has 0 radical (unpaired) electrons. The highest BCUT2D eigenvalue weighted by Gasteiger charge is 2.18. The molecular formula is C12H21N3O3. The molecule has 0 spiro atoms. The van der Waals surface area contributed by atoms with Gasteiger partial charge in [0.25, 0.3) is 0 Å². The van der Waals surface area contributed by atoms with Crippen molar-refractivity contribution < 1.29 is 14.6 Å². The number of esters is 1. The predicted octanol–water partition coefficient (Wildman–Crippen LogP) is 0.411. The van der Waals surface area contributed by atoms with Crippen LogP contribution in [0.1, 0.15) is 29.9 Å². The number of ether oxygens (including phenoxy) is 1. The van der Waals surface area contributed by atoms with E-state index in [9.17, 15) is 4.79 Å². The normalized spacial score (nSPS) is 10.9. The number of aliphatic hydroxyl groups excluding tert-OH is 1. The molecule has 0 aliphatic heterocycles. The zero-order chi connectivity index (χ0) is 13.5. The van der Waals surface area contributed by atoms with Gasteiger partial charge in [0.2, 0.25) is 0 Å². The Bertz CT molecular complexity index is 390. The predicted molar refractivity (Wildman–Crippen MR) is 67.2 cm³/mol. The van der Waals surface area contributed by atoms with E-state index >= 15 is 0 Å². The number of carbonyl (C=O) groups excluding carboxylic acids is 1. The molecule has 18 heavy (non-hydrogen) atoms. The van der Waals surface area contributed by atoms with Gasteiger partial charge in [-0.3, -0.25) is 9.58 Å². The lowest BCUT2D eigenvalue weighted by Gasteiger charge is -2.19. The van der Waals surface area contributed by atoms with Gasteiger partial charge in [-0.05, 0) is 13.5 Å². The van der Waals surface area contributed by atoms with Gasteiger partial charge in [0.05, 0.1) is 25.1 Å². The number of aryl methyl sites for hydroxylation is 1. The fourth-order valence-electron chi connectivity index (χ4n) is 1.73. The van der Waals surface area contributed by atoms with Gasteiger partial charge in [0.1, 0.15) is 5.56 Å². The Kier molecular flexibility index (Phi) is 5.80. The smallest absolute Gasteiger partial charge is 0.341 e. The fraction of sp³-hybridized carbons (Fsp3) is 0.667. The molecule has 1 aromatic heterocycles. The minimum absolute atomic E-state index is 0.0976. The summed E-state index contributed by atoms with van der Waals surface area (Å²) < 4.78 is 6.67. The summed E-state index contributed by atoms with van der Waals surface area (Å²) in [5, 5.41) is 13.1. The van der Waals surface area contributed by atoms with Crippen LogP contribution in [-0.4, -0.2) is 52.1 Å². The van der Waals surface area contributed by atoms with Crippen molar-refractivity contribution in [2.75, 3.05) is 26.3 Å². The Morgan fingerprint density at radius 1 is 1.56 bits per heavy atom. The average Bonchev–Trinajstić information content (AvgIpc) is 2.71. The second-order valence-electron chi connectivity index (χ2n) is 3.94. The quantitative estimate of drug-likeness (QED) is 0.715. The topological polar surface area (TPSA) is 67.6 Å². The van der Waals surface area contributed by atoms with Crippen LogP contribution in [0.4, 0.5) is 0 Å². The van der Waals surface area contributed by atoms with Crippen LogP contribution in [0.5, 0.6) is 0 Å². The second kappa shape index (κ2) is 7.13. The first kappa shape index (κ1) is 14.7. The molecule has 6 heteroatoms. The van der Waals surface area contributed by atoms with E-state index in [0.29, 0.717) is 25.3 Å². The Labute approximate surface area is 107 Å². The van der Waals surface area contributed by atoms with Crippen molar-refractivity contribution in [2.24, 2.45) is 7.05 Å². The second-order valence-corrected chi connectivity index (χ2v) is 3.94. The Morgan fingerprint density at radius 3 is 2.83 bits per heavy atom. The van der Waals surface area contributed by atoms with E-state index in [4.69, 9.17) is 9.84 Å². The van der Waals surface area contributed by atoms with Crippen LogP contribution in [-0.2, 0) is 18.3 Å². The van der Waals surface area contributed by atoms with Crippen molar-refractivity contribution >= 4 is 5.97 Å². The zero-order valence-electron chi connectivity index (χ0n) is 11.2. The molecule has 0 saturated heterocycles. The van der Waals surface area contributed by atoms with E-state index in [2.05, 4.69) is 5.10 Å².